The van der Waals surface area contributed by atoms with Gasteiger partial charge in [0.15, 0.2) is 0 Å². The zero-order valence-corrected chi connectivity index (χ0v) is 13.6. The first kappa shape index (κ1) is 16.1. The van der Waals surface area contributed by atoms with Crippen LogP contribution in [0.3, 0.4) is 0 Å². The molecule has 1 saturated heterocycles. The van der Waals surface area contributed by atoms with Gasteiger partial charge in [0.1, 0.15) is 11.9 Å². The molecule has 0 aromatic heterocycles. The number of imide groups is 1. The molecule has 5 nitrogen and oxygen atoms in total. The molecule has 0 aliphatic carbocycles. The van der Waals surface area contributed by atoms with E-state index in [1.165, 1.54) is 4.90 Å². The van der Waals surface area contributed by atoms with E-state index in [-0.39, 0.29) is 18.4 Å². The van der Waals surface area contributed by atoms with Crippen molar-refractivity contribution in [1.82, 2.24) is 4.90 Å². The molecule has 3 rings (SSSR count). The lowest BCUT2D eigenvalue weighted by Crippen LogP contribution is -2.38. The number of hydrogen-bond donors (Lipinski definition) is 0. The lowest BCUT2D eigenvalue weighted by molar-refractivity contribution is -0.128. The van der Waals surface area contributed by atoms with Gasteiger partial charge in [-0.1, -0.05) is 42.5 Å². The van der Waals surface area contributed by atoms with Crippen molar-refractivity contribution < 1.29 is 19.1 Å². The molecule has 0 unspecified atom stereocenters. The smallest absolute Gasteiger partial charge is 0.417 e. The molecular formula is C19H19NO4. The van der Waals surface area contributed by atoms with Crippen LogP contribution in [0.1, 0.15) is 24.2 Å². The van der Waals surface area contributed by atoms with Crippen molar-refractivity contribution in [1.29, 1.82) is 0 Å². The van der Waals surface area contributed by atoms with Gasteiger partial charge in [0.25, 0.3) is 0 Å². The van der Waals surface area contributed by atoms with Crippen molar-refractivity contribution in [3.8, 4) is 5.75 Å². The predicted molar refractivity (Wildman–Crippen MR) is 88.7 cm³/mol. The Bertz CT molecular complexity index is 727. The summed E-state index contributed by atoms with van der Waals surface area (Å²) in [5, 5.41) is 0. The van der Waals surface area contributed by atoms with Crippen LogP contribution in [0.25, 0.3) is 0 Å². The summed E-state index contributed by atoms with van der Waals surface area (Å²) in [6.07, 6.45) is -0.876. The zero-order valence-electron chi connectivity index (χ0n) is 13.6. The van der Waals surface area contributed by atoms with Gasteiger partial charge in [0.2, 0.25) is 5.91 Å². The summed E-state index contributed by atoms with van der Waals surface area (Å²) >= 11 is 0. The SMILES string of the molecule is COc1ccc(CC(=O)N2C(=O)O[C@@H](c3ccccc3)[C@H]2C)cc1. The lowest BCUT2D eigenvalue weighted by Gasteiger charge is -2.19. The van der Waals surface area contributed by atoms with Crippen molar-refractivity contribution >= 4 is 12.0 Å². The summed E-state index contributed by atoms with van der Waals surface area (Å²) in [5.41, 5.74) is 1.71. The second-order valence-electron chi connectivity index (χ2n) is 5.74. The van der Waals surface area contributed by atoms with E-state index in [4.69, 9.17) is 9.47 Å². The first-order valence-electron chi connectivity index (χ1n) is 7.80. The highest BCUT2D eigenvalue weighted by atomic mass is 16.6. The Hall–Kier alpha value is -2.82. The Morgan fingerprint density at radius 1 is 1.12 bits per heavy atom. The van der Waals surface area contributed by atoms with E-state index in [1.54, 1.807) is 19.2 Å². The highest BCUT2D eigenvalue weighted by molar-refractivity contribution is 5.94. The minimum absolute atomic E-state index is 0.144. The Labute approximate surface area is 140 Å². The molecule has 0 saturated carbocycles. The number of nitrogens with zero attached hydrogens (tertiary/aromatic N) is 1. The Morgan fingerprint density at radius 3 is 2.42 bits per heavy atom. The van der Waals surface area contributed by atoms with Crippen LogP contribution in [0, 0.1) is 0 Å². The molecule has 24 heavy (non-hydrogen) atoms. The fourth-order valence-electron chi connectivity index (χ4n) is 2.89. The molecule has 1 aliphatic rings. The van der Waals surface area contributed by atoms with Crippen molar-refractivity contribution in [2.24, 2.45) is 0 Å². The number of hydrogen-bond acceptors (Lipinski definition) is 4. The number of cyclic esters (lactones) is 1. The van der Waals surface area contributed by atoms with Crippen LogP contribution in [0.5, 0.6) is 5.75 Å². The van der Waals surface area contributed by atoms with Gasteiger partial charge in [-0.15, -0.1) is 0 Å². The van der Waals surface area contributed by atoms with Crippen molar-refractivity contribution in [2.45, 2.75) is 25.5 Å². The van der Waals surface area contributed by atoms with Crippen LogP contribution < -0.4 is 4.74 Å². The Balaban J connectivity index is 1.73. The van der Waals surface area contributed by atoms with Gasteiger partial charge in [-0.05, 0) is 30.2 Å². The summed E-state index contributed by atoms with van der Waals surface area (Å²) in [7, 11) is 1.59. The van der Waals surface area contributed by atoms with Gasteiger partial charge in [0, 0.05) is 0 Å². The molecule has 1 fully saturated rings. The van der Waals surface area contributed by atoms with E-state index in [2.05, 4.69) is 0 Å². The molecule has 2 aromatic carbocycles. The highest BCUT2D eigenvalue weighted by Crippen LogP contribution is 2.32. The van der Waals surface area contributed by atoms with E-state index in [9.17, 15) is 9.59 Å². The van der Waals surface area contributed by atoms with E-state index >= 15 is 0 Å². The number of methoxy groups -OCH3 is 1. The van der Waals surface area contributed by atoms with Gasteiger partial charge < -0.3 is 9.47 Å². The van der Waals surface area contributed by atoms with Crippen LogP contribution in [0.15, 0.2) is 54.6 Å². The average molecular weight is 325 g/mol. The average Bonchev–Trinajstić information content (AvgIpc) is 2.91. The fraction of sp³-hybridized carbons (Fsp3) is 0.263. The molecular weight excluding hydrogens is 306 g/mol. The second-order valence-corrected chi connectivity index (χ2v) is 5.74. The van der Waals surface area contributed by atoms with Crippen LogP contribution in [-0.2, 0) is 16.0 Å². The molecule has 0 spiro atoms. The van der Waals surface area contributed by atoms with Gasteiger partial charge in [-0.2, -0.15) is 0 Å². The topological polar surface area (TPSA) is 55.8 Å². The fourth-order valence-corrected chi connectivity index (χ4v) is 2.89. The van der Waals surface area contributed by atoms with Gasteiger partial charge in [0.05, 0.1) is 19.6 Å². The monoisotopic (exact) mass is 325 g/mol. The Kier molecular flexibility index (Phi) is 4.51. The highest BCUT2D eigenvalue weighted by Gasteiger charge is 2.43. The third kappa shape index (κ3) is 3.11. The maximum absolute atomic E-state index is 12.6. The first-order chi connectivity index (χ1) is 11.6. The predicted octanol–water partition coefficient (Wildman–Crippen LogP) is 3.35. The zero-order chi connectivity index (χ0) is 17.1. The molecule has 2 amide bonds. The second kappa shape index (κ2) is 6.74. The van der Waals surface area contributed by atoms with E-state index in [1.807, 2.05) is 49.4 Å². The summed E-state index contributed by atoms with van der Waals surface area (Å²) in [5.74, 6) is 0.459. The third-order valence-corrected chi connectivity index (χ3v) is 4.18. The standard InChI is InChI=1S/C19H19NO4/c1-13-18(15-6-4-3-5-7-15)24-19(22)20(13)17(21)12-14-8-10-16(23-2)11-9-14/h3-11,13,18H,12H2,1-2H3/t13-,18-/m1/s1. The maximum Gasteiger partial charge on any atom is 0.417 e. The maximum atomic E-state index is 12.6. The molecule has 0 radical (unpaired) electrons. The molecule has 2 aromatic rings. The number of amides is 2. The summed E-state index contributed by atoms with van der Waals surface area (Å²) in [6.45, 7) is 1.83. The number of ether oxygens (including phenoxy) is 2. The molecule has 2 atom stereocenters. The normalized spacial score (nSPS) is 19.9. The van der Waals surface area contributed by atoms with Crippen LogP contribution in [0.4, 0.5) is 4.79 Å². The largest absolute Gasteiger partial charge is 0.497 e. The number of carbonyl (C=O) groups is 2. The van der Waals surface area contributed by atoms with E-state index in [0.717, 1.165) is 16.9 Å². The van der Waals surface area contributed by atoms with Crippen LogP contribution >= 0.6 is 0 Å². The minimum atomic E-state index is -0.588. The summed E-state index contributed by atoms with van der Waals surface area (Å²) < 4.78 is 10.5. The number of rotatable bonds is 4. The van der Waals surface area contributed by atoms with Gasteiger partial charge in [-0.25, -0.2) is 9.69 Å². The molecule has 5 heteroatoms. The van der Waals surface area contributed by atoms with Crippen molar-refractivity contribution in [3.05, 3.63) is 65.7 Å². The molecule has 0 bridgehead atoms. The summed E-state index contributed by atoms with van der Waals surface area (Å²) in [6, 6.07) is 16.3. The van der Waals surface area contributed by atoms with Gasteiger partial charge in [-0.3, -0.25) is 4.79 Å². The minimum Gasteiger partial charge on any atom is -0.497 e. The van der Waals surface area contributed by atoms with Crippen molar-refractivity contribution in [3.63, 3.8) is 0 Å². The molecule has 124 valence electrons. The third-order valence-electron chi connectivity index (χ3n) is 4.18. The summed E-state index contributed by atoms with van der Waals surface area (Å²) in [4.78, 5) is 25.9. The van der Waals surface area contributed by atoms with Crippen molar-refractivity contribution in [2.75, 3.05) is 7.11 Å². The van der Waals surface area contributed by atoms with Gasteiger partial charge >= 0.3 is 6.09 Å². The quantitative estimate of drug-likeness (QED) is 0.865. The number of benzene rings is 2. The van der Waals surface area contributed by atoms with E-state index in [0.29, 0.717) is 0 Å². The molecule has 1 aliphatic heterocycles. The molecule has 0 N–H and O–H groups in total. The van der Waals surface area contributed by atoms with Crippen LogP contribution in [0.2, 0.25) is 0 Å². The number of carbonyl (C=O) groups excluding carboxylic acids is 2. The lowest BCUT2D eigenvalue weighted by atomic mass is 10.0. The Morgan fingerprint density at radius 2 is 1.79 bits per heavy atom. The van der Waals surface area contributed by atoms with Crippen LogP contribution in [-0.4, -0.2) is 30.1 Å². The van der Waals surface area contributed by atoms with E-state index < -0.39 is 12.2 Å². The first-order valence-corrected chi connectivity index (χ1v) is 7.80. The molecule has 1 heterocycles.